The number of Topliss-reactive ketones (excluding diaryl/α,β-unsaturated/α-hetero) is 1. The minimum absolute atomic E-state index is 0.264. The minimum Gasteiger partial charge on any atom is -0.478 e. The van der Waals surface area contributed by atoms with Crippen LogP contribution in [-0.4, -0.2) is 28.1 Å². The summed E-state index contributed by atoms with van der Waals surface area (Å²) in [7, 11) is 0. The molecule has 3 rings (SSSR count). The number of ketones is 1. The van der Waals surface area contributed by atoms with E-state index < -0.39 is 12.1 Å². The van der Waals surface area contributed by atoms with Crippen LogP contribution < -0.4 is 0 Å². The van der Waals surface area contributed by atoms with Gasteiger partial charge in [-0.1, -0.05) is 43.3 Å². The maximum atomic E-state index is 13.0. The number of aromatic carboxylic acids is 1. The van der Waals surface area contributed by atoms with E-state index in [2.05, 4.69) is 0 Å². The van der Waals surface area contributed by atoms with Gasteiger partial charge >= 0.3 is 5.97 Å². The van der Waals surface area contributed by atoms with E-state index in [4.69, 9.17) is 5.11 Å². The highest BCUT2D eigenvalue weighted by Gasteiger charge is 2.19. The third-order valence-electron chi connectivity index (χ3n) is 4.83. The molecule has 0 aliphatic heterocycles. The Labute approximate surface area is 170 Å². The van der Waals surface area contributed by atoms with Crippen LogP contribution in [0.15, 0.2) is 60.7 Å². The number of hydrogen-bond acceptors (Lipinski definition) is 3. The van der Waals surface area contributed by atoms with Crippen molar-refractivity contribution in [2.24, 2.45) is 5.92 Å². The number of carbonyl (C=O) groups is 2. The maximum absolute atomic E-state index is 13.0. The van der Waals surface area contributed by atoms with Crippen molar-refractivity contribution < 1.29 is 24.2 Å². The van der Waals surface area contributed by atoms with E-state index in [9.17, 15) is 19.1 Å². The number of aliphatic hydroxyl groups excluding tert-OH is 1. The van der Waals surface area contributed by atoms with Gasteiger partial charge in [0.2, 0.25) is 0 Å². The lowest BCUT2D eigenvalue weighted by atomic mass is 10.0. The van der Waals surface area contributed by atoms with Gasteiger partial charge in [0, 0.05) is 19.3 Å². The van der Waals surface area contributed by atoms with Gasteiger partial charge in [0.05, 0.1) is 11.7 Å². The molecule has 2 atom stereocenters. The van der Waals surface area contributed by atoms with E-state index in [0.29, 0.717) is 30.6 Å². The summed E-state index contributed by atoms with van der Waals surface area (Å²) in [6.07, 6.45) is 6.46. The Bertz CT molecular complexity index is 842. The molecule has 1 aliphatic rings. The molecule has 0 aromatic heterocycles. The fraction of sp³-hybridized carbons (Fsp3) is 0.333. The molecule has 29 heavy (non-hydrogen) atoms. The first-order valence-corrected chi connectivity index (χ1v) is 9.82. The number of aliphatic hydroxyl groups is 1. The van der Waals surface area contributed by atoms with Crippen LogP contribution in [0.3, 0.4) is 0 Å². The van der Waals surface area contributed by atoms with Crippen LogP contribution in [-0.2, 0) is 17.6 Å². The van der Waals surface area contributed by atoms with Gasteiger partial charge in [-0.2, -0.15) is 0 Å². The first kappa shape index (κ1) is 22.5. The van der Waals surface area contributed by atoms with Crippen molar-refractivity contribution in [1.29, 1.82) is 0 Å². The SMILES string of the molecule is CCc1ccc(C(=O)O)cc1.O=C1CC[C@H](/C=C/C(O)Cc2cccc(F)c2)C1. The Morgan fingerprint density at radius 3 is 2.48 bits per heavy atom. The third kappa shape index (κ3) is 8.00. The number of carboxylic acid groups (broad SMARTS) is 1. The molecule has 0 amide bonds. The molecule has 0 spiro atoms. The predicted octanol–water partition coefficient (Wildman–Crippen LogP) is 4.60. The van der Waals surface area contributed by atoms with Gasteiger partial charge in [-0.25, -0.2) is 9.18 Å². The van der Waals surface area contributed by atoms with Crippen LogP contribution in [0, 0.1) is 11.7 Å². The van der Waals surface area contributed by atoms with Crippen molar-refractivity contribution in [2.45, 2.75) is 45.1 Å². The molecule has 4 nitrogen and oxygen atoms in total. The molecule has 0 radical (unpaired) electrons. The van der Waals surface area contributed by atoms with Crippen molar-refractivity contribution in [3.8, 4) is 0 Å². The van der Waals surface area contributed by atoms with Crippen LogP contribution in [0.5, 0.6) is 0 Å². The van der Waals surface area contributed by atoms with Gasteiger partial charge in [0.1, 0.15) is 11.6 Å². The fourth-order valence-electron chi connectivity index (χ4n) is 3.15. The molecule has 2 N–H and O–H groups in total. The van der Waals surface area contributed by atoms with Gasteiger partial charge in [0.25, 0.3) is 0 Å². The Morgan fingerprint density at radius 2 is 1.93 bits per heavy atom. The monoisotopic (exact) mass is 398 g/mol. The number of benzene rings is 2. The molecule has 5 heteroatoms. The van der Waals surface area contributed by atoms with Gasteiger partial charge in [-0.15, -0.1) is 0 Å². The van der Waals surface area contributed by atoms with Crippen LogP contribution >= 0.6 is 0 Å². The summed E-state index contributed by atoms with van der Waals surface area (Å²) in [4.78, 5) is 21.5. The fourth-order valence-corrected chi connectivity index (χ4v) is 3.15. The highest BCUT2D eigenvalue weighted by molar-refractivity contribution is 5.87. The van der Waals surface area contributed by atoms with Crippen LogP contribution in [0.4, 0.5) is 4.39 Å². The summed E-state index contributed by atoms with van der Waals surface area (Å²) in [5.74, 6) is -0.596. The average molecular weight is 398 g/mol. The second kappa shape index (κ2) is 11.3. The van der Waals surface area contributed by atoms with E-state index in [0.717, 1.165) is 24.0 Å². The van der Waals surface area contributed by atoms with Gasteiger partial charge in [-0.05, 0) is 54.2 Å². The van der Waals surface area contributed by atoms with Crippen molar-refractivity contribution in [2.75, 3.05) is 0 Å². The molecular formula is C24H27FO4. The summed E-state index contributed by atoms with van der Waals surface area (Å²) < 4.78 is 13.0. The topological polar surface area (TPSA) is 74.6 Å². The summed E-state index contributed by atoms with van der Waals surface area (Å²) >= 11 is 0. The maximum Gasteiger partial charge on any atom is 0.335 e. The van der Waals surface area contributed by atoms with E-state index in [1.54, 1.807) is 30.3 Å². The molecule has 2 aromatic rings. The van der Waals surface area contributed by atoms with Crippen LogP contribution in [0.25, 0.3) is 0 Å². The highest BCUT2D eigenvalue weighted by atomic mass is 19.1. The van der Waals surface area contributed by atoms with E-state index in [1.165, 1.54) is 12.1 Å². The van der Waals surface area contributed by atoms with Gasteiger partial charge in [0.15, 0.2) is 0 Å². The number of carbonyl (C=O) groups excluding carboxylic acids is 1. The second-order valence-electron chi connectivity index (χ2n) is 7.18. The largest absolute Gasteiger partial charge is 0.478 e. The lowest BCUT2D eigenvalue weighted by Crippen LogP contribution is -2.07. The number of halogens is 1. The van der Waals surface area contributed by atoms with E-state index in [-0.39, 0.29) is 11.7 Å². The molecular weight excluding hydrogens is 371 g/mol. The van der Waals surface area contributed by atoms with Gasteiger partial charge < -0.3 is 10.2 Å². The van der Waals surface area contributed by atoms with Gasteiger partial charge in [-0.3, -0.25) is 4.79 Å². The summed E-state index contributed by atoms with van der Waals surface area (Å²) in [5, 5.41) is 18.4. The van der Waals surface area contributed by atoms with Crippen molar-refractivity contribution in [1.82, 2.24) is 0 Å². The summed E-state index contributed by atoms with van der Waals surface area (Å²) in [6, 6.07) is 13.2. The lowest BCUT2D eigenvalue weighted by molar-refractivity contribution is -0.117. The Kier molecular flexibility index (Phi) is 8.74. The molecule has 0 heterocycles. The Balaban J connectivity index is 0.000000234. The molecule has 1 fully saturated rings. The number of allylic oxidation sites excluding steroid dienone is 1. The second-order valence-corrected chi connectivity index (χ2v) is 7.18. The van der Waals surface area contributed by atoms with Crippen molar-refractivity contribution in [3.05, 3.63) is 83.2 Å². The minimum atomic E-state index is -0.868. The van der Waals surface area contributed by atoms with Crippen LogP contribution in [0.1, 0.15) is 47.7 Å². The van der Waals surface area contributed by atoms with Crippen molar-refractivity contribution >= 4 is 11.8 Å². The standard InChI is InChI=1S/C15H17FO2.C9H10O2/c16-13-3-1-2-12(8-13)10-15(18)7-5-11-4-6-14(17)9-11;1-2-7-3-5-8(6-4-7)9(10)11/h1-3,5,7-8,11,15,18H,4,6,9-10H2;3-6H,2H2,1H3,(H,10,11)/b7-5+;/t11-,15?;/m1./s1. The molecule has 1 aliphatic carbocycles. The molecule has 1 saturated carbocycles. The lowest BCUT2D eigenvalue weighted by Gasteiger charge is -2.07. The smallest absolute Gasteiger partial charge is 0.335 e. The Hall–Kier alpha value is -2.79. The number of carboxylic acids is 1. The summed E-state index contributed by atoms with van der Waals surface area (Å²) in [6.45, 7) is 2.04. The Morgan fingerprint density at radius 1 is 1.21 bits per heavy atom. The van der Waals surface area contributed by atoms with E-state index in [1.807, 2.05) is 25.1 Å². The molecule has 1 unspecified atom stereocenters. The average Bonchev–Trinajstić information content (AvgIpc) is 3.12. The molecule has 2 aromatic carbocycles. The number of aryl methyl sites for hydroxylation is 1. The third-order valence-corrected chi connectivity index (χ3v) is 4.83. The first-order valence-electron chi connectivity index (χ1n) is 9.82. The molecule has 0 bridgehead atoms. The molecule has 0 saturated heterocycles. The quantitative estimate of drug-likeness (QED) is 0.698. The zero-order valence-corrected chi connectivity index (χ0v) is 16.6. The zero-order valence-electron chi connectivity index (χ0n) is 16.6. The highest BCUT2D eigenvalue weighted by Crippen LogP contribution is 2.23. The normalized spacial score (nSPS) is 17.1. The first-order chi connectivity index (χ1) is 13.9. The number of rotatable bonds is 6. The molecule has 154 valence electrons. The number of hydrogen-bond donors (Lipinski definition) is 2. The van der Waals surface area contributed by atoms with Crippen LogP contribution in [0.2, 0.25) is 0 Å². The van der Waals surface area contributed by atoms with Crippen molar-refractivity contribution in [3.63, 3.8) is 0 Å². The summed E-state index contributed by atoms with van der Waals surface area (Å²) in [5.41, 5.74) is 2.28. The van der Waals surface area contributed by atoms with E-state index >= 15 is 0 Å². The predicted molar refractivity (Wildman–Crippen MR) is 110 cm³/mol. The zero-order chi connectivity index (χ0) is 21.2.